The first kappa shape index (κ1) is 26.9. The van der Waals surface area contributed by atoms with Crippen molar-refractivity contribution in [3.63, 3.8) is 0 Å². The number of rotatable bonds is 10. The molecular formula is C27H29N3O7S. The van der Waals surface area contributed by atoms with Gasteiger partial charge in [-0.05, 0) is 37.6 Å². The molecule has 4 rings (SSSR count). The smallest absolute Gasteiger partial charge is 0.341 e. The Bertz CT molecular complexity index is 1490. The van der Waals surface area contributed by atoms with Crippen LogP contribution in [0.4, 0.5) is 0 Å². The number of imidazole rings is 1. The molecule has 0 radical (unpaired) electrons. The highest BCUT2D eigenvalue weighted by Gasteiger charge is 2.31. The maximum absolute atomic E-state index is 14.0. The van der Waals surface area contributed by atoms with Gasteiger partial charge in [0.05, 0.1) is 56.6 Å². The Morgan fingerprint density at radius 2 is 1.63 bits per heavy atom. The lowest BCUT2D eigenvalue weighted by molar-refractivity contribution is 0.0522. The van der Waals surface area contributed by atoms with Gasteiger partial charge in [-0.2, -0.15) is 0 Å². The number of H-pyrrole nitrogens is 1. The summed E-state index contributed by atoms with van der Waals surface area (Å²) in [6.45, 7) is 3.58. The van der Waals surface area contributed by atoms with Crippen molar-refractivity contribution in [1.82, 2.24) is 15.0 Å². The Balaban J connectivity index is 2.13. The van der Waals surface area contributed by atoms with Gasteiger partial charge in [0.25, 0.3) is 0 Å². The molecule has 2 aromatic carbocycles. The zero-order valence-electron chi connectivity index (χ0n) is 22.0. The summed E-state index contributed by atoms with van der Waals surface area (Å²) in [5, 5.41) is 0.0442. The minimum Gasteiger partial charge on any atom is -0.493 e. The van der Waals surface area contributed by atoms with E-state index in [9.17, 15) is 9.00 Å². The van der Waals surface area contributed by atoms with Crippen molar-refractivity contribution in [3.05, 3.63) is 54.1 Å². The van der Waals surface area contributed by atoms with Crippen molar-refractivity contribution in [2.24, 2.45) is 0 Å². The third-order valence-corrected chi connectivity index (χ3v) is 7.57. The number of esters is 1. The molecule has 1 N–H and O–H groups in total. The molecule has 0 spiro atoms. The third-order valence-electron chi connectivity index (χ3n) is 6.02. The van der Waals surface area contributed by atoms with Crippen molar-refractivity contribution >= 4 is 27.7 Å². The van der Waals surface area contributed by atoms with Crippen LogP contribution in [0.3, 0.4) is 0 Å². The molecule has 2 unspecified atom stereocenters. The summed E-state index contributed by atoms with van der Waals surface area (Å²) in [7, 11) is 4.31. The number of aromatic nitrogens is 3. The van der Waals surface area contributed by atoms with E-state index in [0.29, 0.717) is 50.9 Å². The van der Waals surface area contributed by atoms with Crippen LogP contribution < -0.4 is 18.9 Å². The third kappa shape index (κ3) is 4.89. The van der Waals surface area contributed by atoms with Gasteiger partial charge in [-0.25, -0.2) is 14.8 Å². The molecule has 38 heavy (non-hydrogen) atoms. The number of hydrogen-bond acceptors (Lipinski definition) is 9. The SMILES string of the molecule is CCOC(=O)c1c(S(=O)C(C)c2ncc[nH]2)nc2cc(OC)c(OC)cc2c1-c1ccc(OC)c(OC)c1. The lowest BCUT2D eigenvalue weighted by Crippen LogP contribution is -2.16. The van der Waals surface area contributed by atoms with E-state index >= 15 is 0 Å². The van der Waals surface area contributed by atoms with Gasteiger partial charge in [-0.1, -0.05) is 6.07 Å². The molecule has 200 valence electrons. The maximum atomic E-state index is 14.0. The minimum atomic E-state index is -1.80. The van der Waals surface area contributed by atoms with Gasteiger partial charge in [-0.3, -0.25) is 4.21 Å². The molecule has 4 aromatic rings. The average Bonchev–Trinajstić information content (AvgIpc) is 3.49. The number of hydrogen-bond donors (Lipinski definition) is 1. The van der Waals surface area contributed by atoms with E-state index in [1.165, 1.54) is 28.4 Å². The average molecular weight is 540 g/mol. The molecule has 11 heteroatoms. The van der Waals surface area contributed by atoms with E-state index in [-0.39, 0.29) is 17.2 Å². The highest BCUT2D eigenvalue weighted by atomic mass is 32.2. The molecule has 0 aliphatic heterocycles. The Morgan fingerprint density at radius 3 is 2.24 bits per heavy atom. The molecule has 0 saturated carbocycles. The lowest BCUT2D eigenvalue weighted by atomic mass is 9.95. The fourth-order valence-corrected chi connectivity index (χ4v) is 5.41. The van der Waals surface area contributed by atoms with Crippen LogP contribution in [0.5, 0.6) is 23.0 Å². The van der Waals surface area contributed by atoms with Crippen molar-refractivity contribution < 1.29 is 32.7 Å². The maximum Gasteiger partial charge on any atom is 0.341 e. The number of benzene rings is 2. The topological polar surface area (TPSA) is 122 Å². The molecule has 0 bridgehead atoms. The molecule has 0 fully saturated rings. The van der Waals surface area contributed by atoms with Crippen LogP contribution in [0.2, 0.25) is 0 Å². The summed E-state index contributed by atoms with van der Waals surface area (Å²) in [4.78, 5) is 25.5. The standard InChI is InChI=1S/C27H29N3O7S/c1-7-37-27(31)24-23(16-8-9-19(33-3)20(12-16)34-4)17-13-21(35-5)22(36-6)14-18(17)30-26(24)38(32)15(2)25-28-10-11-29-25/h8-15H,7H2,1-6H3,(H,28,29). The number of ether oxygens (including phenoxy) is 5. The molecule has 0 aliphatic rings. The zero-order valence-corrected chi connectivity index (χ0v) is 22.8. The summed E-state index contributed by atoms with van der Waals surface area (Å²) in [6.07, 6.45) is 3.23. The van der Waals surface area contributed by atoms with Gasteiger partial charge >= 0.3 is 5.97 Å². The first-order chi connectivity index (χ1) is 18.4. The van der Waals surface area contributed by atoms with E-state index in [1.807, 2.05) is 0 Å². The van der Waals surface area contributed by atoms with Crippen LogP contribution in [0.1, 0.15) is 35.3 Å². The van der Waals surface area contributed by atoms with E-state index in [2.05, 4.69) is 9.97 Å². The molecule has 2 aromatic heterocycles. The highest BCUT2D eigenvalue weighted by Crippen LogP contribution is 2.43. The Morgan fingerprint density at radius 1 is 0.974 bits per heavy atom. The van der Waals surface area contributed by atoms with Crippen LogP contribution in [0.25, 0.3) is 22.0 Å². The predicted octanol–water partition coefficient (Wildman–Crippen LogP) is 4.70. The quantitative estimate of drug-likeness (QED) is 0.286. The fraction of sp³-hybridized carbons (Fsp3) is 0.296. The Labute approximate surface area is 222 Å². The second kappa shape index (κ2) is 11.5. The second-order valence-corrected chi connectivity index (χ2v) is 9.78. The first-order valence-electron chi connectivity index (χ1n) is 11.8. The summed E-state index contributed by atoms with van der Waals surface area (Å²) < 4.78 is 41.4. The number of pyridine rings is 1. The molecule has 0 aliphatic carbocycles. The molecular weight excluding hydrogens is 510 g/mol. The summed E-state index contributed by atoms with van der Waals surface area (Å²) in [5.74, 6) is 1.69. The molecule has 0 saturated heterocycles. The van der Waals surface area contributed by atoms with Crippen LogP contribution in [-0.2, 0) is 15.5 Å². The number of carbonyl (C=O) groups is 1. The number of nitrogens with one attached hydrogen (secondary N) is 1. The van der Waals surface area contributed by atoms with Gasteiger partial charge in [-0.15, -0.1) is 0 Å². The summed E-state index contributed by atoms with van der Waals surface area (Å²) >= 11 is 0. The van der Waals surface area contributed by atoms with Crippen LogP contribution in [0.15, 0.2) is 47.8 Å². The fourth-order valence-electron chi connectivity index (χ4n) is 4.17. The molecule has 2 atom stereocenters. The number of aromatic amines is 1. The van der Waals surface area contributed by atoms with Crippen LogP contribution >= 0.6 is 0 Å². The van der Waals surface area contributed by atoms with Crippen LogP contribution in [0, 0.1) is 0 Å². The predicted molar refractivity (Wildman–Crippen MR) is 143 cm³/mol. The molecule has 10 nitrogen and oxygen atoms in total. The van der Waals surface area contributed by atoms with Gasteiger partial charge < -0.3 is 28.7 Å². The zero-order chi connectivity index (χ0) is 27.4. The van der Waals surface area contributed by atoms with Crippen molar-refractivity contribution in [2.45, 2.75) is 24.1 Å². The highest BCUT2D eigenvalue weighted by molar-refractivity contribution is 7.85. The Kier molecular flexibility index (Phi) is 8.16. The largest absolute Gasteiger partial charge is 0.493 e. The summed E-state index contributed by atoms with van der Waals surface area (Å²) in [5.41, 5.74) is 1.60. The van der Waals surface area contributed by atoms with Crippen molar-refractivity contribution in [1.29, 1.82) is 0 Å². The van der Waals surface area contributed by atoms with Gasteiger partial charge in [0.1, 0.15) is 16.4 Å². The monoisotopic (exact) mass is 539 g/mol. The van der Waals surface area contributed by atoms with Crippen LogP contribution in [-0.4, -0.2) is 60.2 Å². The van der Waals surface area contributed by atoms with Gasteiger partial charge in [0.15, 0.2) is 23.0 Å². The minimum absolute atomic E-state index is 0.0665. The van der Waals surface area contributed by atoms with Gasteiger partial charge in [0.2, 0.25) is 0 Å². The number of nitrogens with zero attached hydrogens (tertiary/aromatic N) is 2. The molecule has 0 amide bonds. The van der Waals surface area contributed by atoms with Gasteiger partial charge in [0, 0.05) is 29.4 Å². The lowest BCUT2D eigenvalue weighted by Gasteiger charge is -2.20. The van der Waals surface area contributed by atoms with E-state index in [0.717, 1.165) is 0 Å². The molecule has 2 heterocycles. The number of carbonyl (C=O) groups excluding carboxylic acids is 1. The first-order valence-corrected chi connectivity index (χ1v) is 13.0. The Hall–Kier alpha value is -4.12. The normalized spacial score (nSPS) is 12.6. The number of fused-ring (bicyclic) bond motifs is 1. The number of methoxy groups -OCH3 is 4. The summed E-state index contributed by atoms with van der Waals surface area (Å²) in [6, 6.07) is 8.69. The van der Waals surface area contributed by atoms with E-state index in [1.54, 1.807) is 56.6 Å². The van der Waals surface area contributed by atoms with E-state index < -0.39 is 22.0 Å². The second-order valence-electron chi connectivity index (χ2n) is 8.10. The van der Waals surface area contributed by atoms with Crippen molar-refractivity contribution in [2.75, 3.05) is 35.0 Å². The van der Waals surface area contributed by atoms with Crippen molar-refractivity contribution in [3.8, 4) is 34.1 Å². The van der Waals surface area contributed by atoms with E-state index in [4.69, 9.17) is 28.7 Å².